The van der Waals surface area contributed by atoms with Crippen LogP contribution in [0.5, 0.6) is 0 Å². The molecule has 2 aliphatic heterocycles. The van der Waals surface area contributed by atoms with Gasteiger partial charge in [0.05, 0.1) is 0 Å². The van der Waals surface area contributed by atoms with Gasteiger partial charge in [0, 0.05) is 57.0 Å². The number of rotatable bonds is 3. The van der Waals surface area contributed by atoms with E-state index < -0.39 is 0 Å². The normalized spacial score (nSPS) is 27.1. The third-order valence-corrected chi connectivity index (χ3v) is 4.17. The molecule has 6 nitrogen and oxygen atoms in total. The van der Waals surface area contributed by atoms with Gasteiger partial charge in [0.15, 0.2) is 0 Å². The molecule has 2 fully saturated rings. The maximum Gasteiger partial charge on any atom is 0.225 e. The molecular formula is C14H20N4O2. The topological polar surface area (TPSA) is 69.6 Å². The summed E-state index contributed by atoms with van der Waals surface area (Å²) < 4.78 is 0. The van der Waals surface area contributed by atoms with E-state index in [4.69, 9.17) is 0 Å². The number of carbonyl (C=O) groups excluding carboxylic acids is 1. The first kappa shape index (κ1) is 13.3. The van der Waals surface area contributed by atoms with Gasteiger partial charge < -0.3 is 14.9 Å². The first-order valence-corrected chi connectivity index (χ1v) is 7.20. The van der Waals surface area contributed by atoms with Crippen molar-refractivity contribution in [2.75, 3.05) is 31.1 Å². The zero-order valence-electron chi connectivity index (χ0n) is 11.5. The Morgan fingerprint density at radius 1 is 1.30 bits per heavy atom. The Morgan fingerprint density at radius 2 is 2.10 bits per heavy atom. The van der Waals surface area contributed by atoms with Gasteiger partial charge in [-0.2, -0.15) is 0 Å². The highest BCUT2D eigenvalue weighted by molar-refractivity contribution is 5.79. The minimum Gasteiger partial charge on any atom is -0.396 e. The molecule has 108 valence electrons. The van der Waals surface area contributed by atoms with Crippen LogP contribution in [0.1, 0.15) is 19.3 Å². The number of carbonyl (C=O) groups is 1. The number of likely N-dealkylation sites (tertiary alicyclic amines) is 1. The molecule has 3 rings (SSSR count). The molecule has 1 aromatic heterocycles. The van der Waals surface area contributed by atoms with Gasteiger partial charge in [0.25, 0.3) is 0 Å². The minimum absolute atomic E-state index is 0.0977. The van der Waals surface area contributed by atoms with Gasteiger partial charge in [0.2, 0.25) is 11.9 Å². The number of aliphatic hydroxyl groups excluding tert-OH is 1. The monoisotopic (exact) mass is 276 g/mol. The fourth-order valence-corrected chi connectivity index (χ4v) is 3.13. The third-order valence-electron chi connectivity index (χ3n) is 4.17. The Balaban J connectivity index is 1.68. The predicted molar refractivity (Wildman–Crippen MR) is 74.2 cm³/mol. The van der Waals surface area contributed by atoms with Crippen LogP contribution in [0.4, 0.5) is 5.95 Å². The van der Waals surface area contributed by atoms with Crippen molar-refractivity contribution in [2.45, 2.75) is 25.3 Å². The summed E-state index contributed by atoms with van der Waals surface area (Å²) >= 11 is 0. The van der Waals surface area contributed by atoms with Crippen LogP contribution in [0.2, 0.25) is 0 Å². The molecule has 0 bridgehead atoms. The molecule has 2 saturated heterocycles. The standard InChI is InChI=1S/C14H20N4O2/c19-10-11-7-13(20)18(8-11)12-3-1-6-17(9-12)14-15-4-2-5-16-14/h2,4-5,11-12,19H,1,3,6-10H2. The van der Waals surface area contributed by atoms with Gasteiger partial charge in [0.1, 0.15) is 0 Å². The van der Waals surface area contributed by atoms with Gasteiger partial charge in [-0.15, -0.1) is 0 Å². The average Bonchev–Trinajstić information content (AvgIpc) is 2.89. The van der Waals surface area contributed by atoms with E-state index in [-0.39, 0.29) is 24.5 Å². The lowest BCUT2D eigenvalue weighted by Gasteiger charge is -2.37. The second kappa shape index (κ2) is 5.75. The van der Waals surface area contributed by atoms with Crippen LogP contribution in [0.25, 0.3) is 0 Å². The van der Waals surface area contributed by atoms with Crippen molar-refractivity contribution >= 4 is 11.9 Å². The second-order valence-electron chi connectivity index (χ2n) is 5.59. The van der Waals surface area contributed by atoms with E-state index in [9.17, 15) is 9.90 Å². The van der Waals surface area contributed by atoms with Crippen molar-refractivity contribution in [1.29, 1.82) is 0 Å². The molecule has 1 aromatic rings. The fraction of sp³-hybridized carbons (Fsp3) is 0.643. The number of aromatic nitrogens is 2. The summed E-state index contributed by atoms with van der Waals surface area (Å²) in [5.41, 5.74) is 0. The van der Waals surface area contributed by atoms with E-state index in [0.29, 0.717) is 13.0 Å². The molecule has 3 heterocycles. The maximum atomic E-state index is 12.1. The van der Waals surface area contributed by atoms with Crippen molar-refractivity contribution in [3.8, 4) is 0 Å². The van der Waals surface area contributed by atoms with Gasteiger partial charge >= 0.3 is 0 Å². The second-order valence-corrected chi connectivity index (χ2v) is 5.59. The Bertz CT molecular complexity index is 468. The van der Waals surface area contributed by atoms with E-state index in [0.717, 1.165) is 31.9 Å². The summed E-state index contributed by atoms with van der Waals surface area (Å²) in [6, 6.07) is 2.03. The van der Waals surface area contributed by atoms with E-state index >= 15 is 0 Å². The highest BCUT2D eigenvalue weighted by atomic mass is 16.3. The van der Waals surface area contributed by atoms with Crippen molar-refractivity contribution in [3.63, 3.8) is 0 Å². The molecule has 1 amide bonds. The zero-order chi connectivity index (χ0) is 13.9. The molecule has 0 spiro atoms. The molecule has 6 heteroatoms. The van der Waals surface area contributed by atoms with Gasteiger partial charge in [-0.05, 0) is 18.9 Å². The van der Waals surface area contributed by atoms with Crippen molar-refractivity contribution in [1.82, 2.24) is 14.9 Å². The number of anilines is 1. The van der Waals surface area contributed by atoms with Crippen LogP contribution in [0.3, 0.4) is 0 Å². The molecular weight excluding hydrogens is 256 g/mol. The quantitative estimate of drug-likeness (QED) is 0.859. The summed E-state index contributed by atoms with van der Waals surface area (Å²) in [4.78, 5) is 24.7. The molecule has 20 heavy (non-hydrogen) atoms. The Morgan fingerprint density at radius 3 is 2.80 bits per heavy atom. The number of hydrogen-bond acceptors (Lipinski definition) is 5. The van der Waals surface area contributed by atoms with E-state index in [2.05, 4.69) is 14.9 Å². The summed E-state index contributed by atoms with van der Waals surface area (Å²) in [7, 11) is 0. The molecule has 0 saturated carbocycles. The molecule has 2 aliphatic rings. The van der Waals surface area contributed by atoms with Crippen LogP contribution in [0, 0.1) is 5.92 Å². The summed E-state index contributed by atoms with van der Waals surface area (Å²) in [6.45, 7) is 2.50. The highest BCUT2D eigenvalue weighted by Gasteiger charge is 2.36. The number of aliphatic hydroxyl groups is 1. The Labute approximate surface area is 118 Å². The Kier molecular flexibility index (Phi) is 3.82. The van der Waals surface area contributed by atoms with E-state index in [1.54, 1.807) is 18.5 Å². The number of nitrogens with zero attached hydrogens (tertiary/aromatic N) is 4. The SMILES string of the molecule is O=C1CC(CO)CN1C1CCCN(c2ncccn2)C1. The maximum absolute atomic E-state index is 12.1. The third kappa shape index (κ3) is 2.60. The van der Waals surface area contributed by atoms with Crippen LogP contribution in [-0.2, 0) is 4.79 Å². The lowest BCUT2D eigenvalue weighted by atomic mass is 10.0. The first-order chi connectivity index (χ1) is 9.78. The molecule has 2 unspecified atom stereocenters. The first-order valence-electron chi connectivity index (χ1n) is 7.20. The summed E-state index contributed by atoms with van der Waals surface area (Å²) in [5, 5.41) is 9.22. The van der Waals surface area contributed by atoms with Crippen molar-refractivity contribution < 1.29 is 9.90 Å². The van der Waals surface area contributed by atoms with Crippen LogP contribution >= 0.6 is 0 Å². The van der Waals surface area contributed by atoms with Gasteiger partial charge in [-0.1, -0.05) is 0 Å². The Hall–Kier alpha value is -1.69. The largest absolute Gasteiger partial charge is 0.396 e. The van der Waals surface area contributed by atoms with Crippen molar-refractivity contribution in [3.05, 3.63) is 18.5 Å². The van der Waals surface area contributed by atoms with Crippen LogP contribution in [-0.4, -0.2) is 58.2 Å². The van der Waals surface area contributed by atoms with Crippen molar-refractivity contribution in [2.24, 2.45) is 5.92 Å². The number of amides is 1. The van der Waals surface area contributed by atoms with E-state index in [1.807, 2.05) is 4.90 Å². The lowest BCUT2D eigenvalue weighted by molar-refractivity contribution is -0.129. The fourth-order valence-electron chi connectivity index (χ4n) is 3.13. The number of hydrogen-bond donors (Lipinski definition) is 1. The van der Waals surface area contributed by atoms with Gasteiger partial charge in [-0.25, -0.2) is 9.97 Å². The van der Waals surface area contributed by atoms with E-state index in [1.165, 1.54) is 0 Å². The summed E-state index contributed by atoms with van der Waals surface area (Å²) in [6.07, 6.45) is 6.03. The highest BCUT2D eigenvalue weighted by Crippen LogP contribution is 2.25. The zero-order valence-corrected chi connectivity index (χ0v) is 11.5. The molecule has 2 atom stereocenters. The van der Waals surface area contributed by atoms with Gasteiger partial charge in [-0.3, -0.25) is 4.79 Å². The average molecular weight is 276 g/mol. The van der Waals surface area contributed by atoms with Crippen LogP contribution < -0.4 is 4.90 Å². The minimum atomic E-state index is 0.0977. The molecule has 0 radical (unpaired) electrons. The predicted octanol–water partition coefficient (Wildman–Crippen LogP) is 0.286. The summed E-state index contributed by atoms with van der Waals surface area (Å²) in [5.74, 6) is 1.01. The number of piperidine rings is 1. The lowest BCUT2D eigenvalue weighted by Crippen LogP contribution is -2.49. The molecule has 0 aromatic carbocycles. The van der Waals surface area contributed by atoms with Crippen LogP contribution in [0.15, 0.2) is 18.5 Å². The smallest absolute Gasteiger partial charge is 0.225 e. The molecule has 0 aliphatic carbocycles. The molecule has 1 N–H and O–H groups in total.